The highest BCUT2D eigenvalue weighted by Crippen LogP contribution is 2.36. The number of hydrogen-bond donors (Lipinski definition) is 1. The van der Waals surface area contributed by atoms with E-state index in [0.717, 1.165) is 10.2 Å². The third kappa shape index (κ3) is 2.81. The van der Waals surface area contributed by atoms with Crippen molar-refractivity contribution in [2.45, 2.75) is 24.9 Å². The summed E-state index contributed by atoms with van der Waals surface area (Å²) in [6, 6.07) is 7.00. The van der Waals surface area contributed by atoms with Gasteiger partial charge in [-0.15, -0.1) is 0 Å². The summed E-state index contributed by atoms with van der Waals surface area (Å²) in [4.78, 5) is 2.37. The second kappa shape index (κ2) is 5.38. The lowest BCUT2D eigenvalue weighted by atomic mass is 10.1. The monoisotopic (exact) mass is 298 g/mol. The van der Waals surface area contributed by atoms with E-state index in [4.69, 9.17) is 10.5 Å². The van der Waals surface area contributed by atoms with Gasteiger partial charge in [0.15, 0.2) is 0 Å². The van der Waals surface area contributed by atoms with E-state index in [1.807, 2.05) is 12.1 Å². The maximum Gasteiger partial charge on any atom is 0.119 e. The lowest BCUT2D eigenvalue weighted by Gasteiger charge is -2.28. The van der Waals surface area contributed by atoms with E-state index < -0.39 is 0 Å². The standard InChI is InChI=1S/C13H19BrN2O/c1-16(9-3-4-9)13(8-15)11-7-10(17-2)5-6-12(11)14/h5-7,9,13H,3-4,8,15H2,1-2H3. The predicted molar refractivity (Wildman–Crippen MR) is 73.3 cm³/mol. The highest BCUT2D eigenvalue weighted by Gasteiger charge is 2.32. The van der Waals surface area contributed by atoms with Gasteiger partial charge in [-0.25, -0.2) is 0 Å². The zero-order chi connectivity index (χ0) is 12.4. The Morgan fingerprint density at radius 1 is 1.53 bits per heavy atom. The third-order valence-corrected chi connectivity index (χ3v) is 4.12. The Bertz CT molecular complexity index is 393. The van der Waals surface area contributed by atoms with E-state index in [1.165, 1.54) is 18.4 Å². The molecule has 1 atom stereocenters. The van der Waals surface area contributed by atoms with Gasteiger partial charge >= 0.3 is 0 Å². The van der Waals surface area contributed by atoms with Crippen LogP contribution in [0.2, 0.25) is 0 Å². The molecule has 1 aliphatic carbocycles. The first-order valence-electron chi connectivity index (χ1n) is 5.92. The number of halogens is 1. The van der Waals surface area contributed by atoms with E-state index in [1.54, 1.807) is 7.11 Å². The van der Waals surface area contributed by atoms with E-state index >= 15 is 0 Å². The van der Waals surface area contributed by atoms with Crippen molar-refractivity contribution in [2.24, 2.45) is 5.73 Å². The first-order chi connectivity index (χ1) is 8.17. The van der Waals surface area contributed by atoms with Crippen LogP contribution < -0.4 is 10.5 Å². The number of nitrogens with two attached hydrogens (primary N) is 1. The molecule has 94 valence electrons. The molecular formula is C13H19BrN2O. The van der Waals surface area contributed by atoms with Gasteiger partial charge in [-0.3, -0.25) is 4.90 Å². The van der Waals surface area contributed by atoms with Crippen LogP contribution in [-0.2, 0) is 0 Å². The fraction of sp³-hybridized carbons (Fsp3) is 0.538. The number of nitrogens with zero attached hydrogens (tertiary/aromatic N) is 1. The fourth-order valence-corrected chi connectivity index (χ4v) is 2.66. The van der Waals surface area contributed by atoms with Crippen molar-refractivity contribution in [3.05, 3.63) is 28.2 Å². The van der Waals surface area contributed by atoms with Crippen LogP contribution in [-0.4, -0.2) is 31.6 Å². The maximum atomic E-state index is 5.93. The van der Waals surface area contributed by atoms with Gasteiger partial charge in [-0.1, -0.05) is 15.9 Å². The van der Waals surface area contributed by atoms with E-state index in [2.05, 4.69) is 33.9 Å². The molecule has 17 heavy (non-hydrogen) atoms. The van der Waals surface area contributed by atoms with Crippen molar-refractivity contribution >= 4 is 15.9 Å². The van der Waals surface area contributed by atoms with E-state index in [9.17, 15) is 0 Å². The summed E-state index contributed by atoms with van der Waals surface area (Å²) < 4.78 is 6.38. The summed E-state index contributed by atoms with van der Waals surface area (Å²) >= 11 is 3.60. The van der Waals surface area contributed by atoms with Gasteiger partial charge in [-0.05, 0) is 43.7 Å². The molecule has 4 heteroatoms. The van der Waals surface area contributed by atoms with Crippen molar-refractivity contribution in [3.63, 3.8) is 0 Å². The van der Waals surface area contributed by atoms with Crippen LogP contribution in [0.5, 0.6) is 5.75 Å². The van der Waals surface area contributed by atoms with Gasteiger partial charge in [0.25, 0.3) is 0 Å². The minimum Gasteiger partial charge on any atom is -0.497 e. The smallest absolute Gasteiger partial charge is 0.119 e. The largest absolute Gasteiger partial charge is 0.497 e. The topological polar surface area (TPSA) is 38.5 Å². The first kappa shape index (κ1) is 12.9. The van der Waals surface area contributed by atoms with E-state index in [-0.39, 0.29) is 6.04 Å². The number of ether oxygens (including phenoxy) is 1. The normalized spacial score (nSPS) is 17.2. The highest BCUT2D eigenvalue weighted by molar-refractivity contribution is 9.10. The summed E-state index contributed by atoms with van der Waals surface area (Å²) in [5.74, 6) is 0.880. The fourth-order valence-electron chi connectivity index (χ4n) is 2.15. The molecule has 3 nitrogen and oxygen atoms in total. The lowest BCUT2D eigenvalue weighted by molar-refractivity contribution is 0.239. The van der Waals surface area contributed by atoms with Gasteiger partial charge < -0.3 is 10.5 Å². The predicted octanol–water partition coefficient (Wildman–Crippen LogP) is 2.55. The van der Waals surface area contributed by atoms with Crippen molar-refractivity contribution in [2.75, 3.05) is 20.7 Å². The number of benzene rings is 1. The molecule has 2 rings (SSSR count). The third-order valence-electron chi connectivity index (χ3n) is 3.40. The summed E-state index contributed by atoms with van der Waals surface area (Å²) in [5, 5.41) is 0. The highest BCUT2D eigenvalue weighted by atomic mass is 79.9. The summed E-state index contributed by atoms with van der Waals surface area (Å²) in [6.45, 7) is 0.624. The molecule has 0 radical (unpaired) electrons. The quantitative estimate of drug-likeness (QED) is 0.908. The van der Waals surface area contributed by atoms with Gasteiger partial charge in [0.2, 0.25) is 0 Å². The number of rotatable bonds is 5. The zero-order valence-electron chi connectivity index (χ0n) is 10.3. The van der Waals surface area contributed by atoms with Crippen LogP contribution in [0, 0.1) is 0 Å². The Kier molecular flexibility index (Phi) is 4.07. The average molecular weight is 299 g/mol. The van der Waals surface area contributed by atoms with Crippen LogP contribution in [0.15, 0.2) is 22.7 Å². The van der Waals surface area contributed by atoms with Crippen LogP contribution in [0.25, 0.3) is 0 Å². The second-order valence-corrected chi connectivity index (χ2v) is 5.39. The SMILES string of the molecule is COc1ccc(Br)c(C(CN)N(C)C2CC2)c1. The molecular weight excluding hydrogens is 280 g/mol. The molecule has 1 aromatic carbocycles. The average Bonchev–Trinajstić information content (AvgIpc) is 3.16. The molecule has 1 fully saturated rings. The molecule has 2 N–H and O–H groups in total. The summed E-state index contributed by atoms with van der Waals surface area (Å²) in [7, 11) is 3.84. The molecule has 0 aromatic heterocycles. The maximum absolute atomic E-state index is 5.93. The minimum atomic E-state index is 0.256. The van der Waals surface area contributed by atoms with Gasteiger partial charge in [-0.2, -0.15) is 0 Å². The minimum absolute atomic E-state index is 0.256. The van der Waals surface area contributed by atoms with E-state index in [0.29, 0.717) is 12.6 Å². The Morgan fingerprint density at radius 3 is 2.76 bits per heavy atom. The summed E-state index contributed by atoms with van der Waals surface area (Å²) in [6.07, 6.45) is 2.57. The van der Waals surface area contributed by atoms with Crippen LogP contribution >= 0.6 is 15.9 Å². The van der Waals surface area contributed by atoms with Crippen molar-refractivity contribution in [1.82, 2.24) is 4.90 Å². The summed E-state index contributed by atoms with van der Waals surface area (Å²) in [5.41, 5.74) is 7.14. The van der Waals surface area contributed by atoms with Crippen LogP contribution in [0.3, 0.4) is 0 Å². The molecule has 0 bridgehead atoms. The Hall–Kier alpha value is -0.580. The van der Waals surface area contributed by atoms with Gasteiger partial charge in [0.1, 0.15) is 5.75 Å². The number of methoxy groups -OCH3 is 1. The molecule has 0 amide bonds. The number of hydrogen-bond acceptors (Lipinski definition) is 3. The van der Waals surface area contributed by atoms with Crippen LogP contribution in [0.4, 0.5) is 0 Å². The molecule has 0 saturated heterocycles. The zero-order valence-corrected chi connectivity index (χ0v) is 11.9. The molecule has 1 unspecified atom stereocenters. The molecule has 1 saturated carbocycles. The molecule has 1 aromatic rings. The van der Waals surface area contributed by atoms with Crippen molar-refractivity contribution < 1.29 is 4.74 Å². The number of likely N-dealkylation sites (N-methyl/N-ethyl adjacent to an activating group) is 1. The molecule has 0 spiro atoms. The van der Waals surface area contributed by atoms with Gasteiger partial charge in [0, 0.05) is 23.1 Å². The van der Waals surface area contributed by atoms with Crippen molar-refractivity contribution in [1.29, 1.82) is 0 Å². The lowest BCUT2D eigenvalue weighted by Crippen LogP contribution is -2.32. The van der Waals surface area contributed by atoms with Crippen molar-refractivity contribution in [3.8, 4) is 5.75 Å². The molecule has 1 aliphatic rings. The van der Waals surface area contributed by atoms with Crippen LogP contribution in [0.1, 0.15) is 24.4 Å². The second-order valence-electron chi connectivity index (χ2n) is 4.54. The first-order valence-corrected chi connectivity index (χ1v) is 6.72. The molecule has 0 heterocycles. The molecule has 0 aliphatic heterocycles. The Balaban J connectivity index is 2.28. The Labute approximate surface area is 111 Å². The Morgan fingerprint density at radius 2 is 2.24 bits per heavy atom. The van der Waals surface area contributed by atoms with Gasteiger partial charge in [0.05, 0.1) is 7.11 Å².